The average molecular weight is 414 g/mol. The standard InChI is InChI=1S/C20H23N5O3S/c1-25-20(22-23-24-25)29-12-17-10-18(14-7-5-13(11-26)6-8-14)28-19(27-17)15-3-2-4-16(21)9-15/h2-9,17-19,26H,10-12,21H2,1H3/t17-,18+,19?/m0/s1. The highest BCUT2D eigenvalue weighted by Crippen LogP contribution is 2.39. The van der Waals surface area contributed by atoms with Gasteiger partial charge in [-0.1, -0.05) is 48.2 Å². The molecule has 1 unspecified atom stereocenters. The fourth-order valence-electron chi connectivity index (χ4n) is 3.24. The van der Waals surface area contributed by atoms with Gasteiger partial charge >= 0.3 is 0 Å². The van der Waals surface area contributed by atoms with Crippen molar-refractivity contribution >= 4 is 17.4 Å². The summed E-state index contributed by atoms with van der Waals surface area (Å²) in [6, 6.07) is 15.4. The molecule has 4 rings (SSSR count). The maximum absolute atomic E-state index is 9.30. The van der Waals surface area contributed by atoms with Crippen LogP contribution in [0.1, 0.15) is 35.5 Å². The smallest absolute Gasteiger partial charge is 0.209 e. The normalized spacial score (nSPS) is 21.9. The first-order chi connectivity index (χ1) is 14.1. The van der Waals surface area contributed by atoms with Gasteiger partial charge in [-0.15, -0.1) is 5.10 Å². The summed E-state index contributed by atoms with van der Waals surface area (Å²) in [5.74, 6) is 0.696. The van der Waals surface area contributed by atoms with Crippen molar-refractivity contribution in [2.24, 2.45) is 7.05 Å². The molecule has 0 amide bonds. The fraction of sp³-hybridized carbons (Fsp3) is 0.350. The summed E-state index contributed by atoms with van der Waals surface area (Å²) >= 11 is 1.55. The van der Waals surface area contributed by atoms with Gasteiger partial charge in [0, 0.05) is 30.5 Å². The SMILES string of the molecule is Cn1nnnc1SC[C@@H]1C[C@H](c2ccc(CO)cc2)OC(c2cccc(N)c2)O1. The minimum atomic E-state index is -0.516. The average Bonchev–Trinajstić information content (AvgIpc) is 3.17. The predicted octanol–water partition coefficient (Wildman–Crippen LogP) is 2.62. The predicted molar refractivity (Wildman–Crippen MR) is 109 cm³/mol. The molecule has 3 atom stereocenters. The number of nitrogen functional groups attached to an aromatic ring is 1. The van der Waals surface area contributed by atoms with Crippen LogP contribution >= 0.6 is 11.8 Å². The van der Waals surface area contributed by atoms with Crippen molar-refractivity contribution in [2.45, 2.75) is 36.7 Å². The van der Waals surface area contributed by atoms with E-state index < -0.39 is 6.29 Å². The van der Waals surface area contributed by atoms with Crippen molar-refractivity contribution in [3.8, 4) is 0 Å². The molecule has 0 saturated carbocycles. The number of aliphatic hydroxyl groups excluding tert-OH is 1. The molecule has 1 aliphatic heterocycles. The Hall–Kier alpha value is -2.46. The second kappa shape index (κ2) is 8.91. The van der Waals surface area contributed by atoms with Crippen molar-refractivity contribution in [2.75, 3.05) is 11.5 Å². The molecule has 3 aromatic rings. The zero-order chi connectivity index (χ0) is 20.2. The molecule has 8 nitrogen and oxygen atoms in total. The fourth-order valence-corrected chi connectivity index (χ4v) is 4.11. The van der Waals surface area contributed by atoms with Gasteiger partial charge in [0.05, 0.1) is 18.8 Å². The molecule has 0 bridgehead atoms. The summed E-state index contributed by atoms with van der Waals surface area (Å²) in [4.78, 5) is 0. The number of nitrogens with two attached hydrogens (primary N) is 1. The number of ether oxygens (including phenoxy) is 2. The summed E-state index contributed by atoms with van der Waals surface area (Å²) in [6.45, 7) is 0.0197. The molecule has 2 aromatic carbocycles. The lowest BCUT2D eigenvalue weighted by Crippen LogP contribution is -2.31. The van der Waals surface area contributed by atoms with Crippen LogP contribution in [-0.2, 0) is 23.1 Å². The highest BCUT2D eigenvalue weighted by molar-refractivity contribution is 7.99. The Morgan fingerprint density at radius 2 is 2.00 bits per heavy atom. The maximum atomic E-state index is 9.30. The Bertz CT molecular complexity index is 949. The van der Waals surface area contributed by atoms with Gasteiger partial charge in [0.2, 0.25) is 5.16 Å². The van der Waals surface area contributed by atoms with Crippen LogP contribution in [0.5, 0.6) is 0 Å². The maximum Gasteiger partial charge on any atom is 0.209 e. The highest BCUT2D eigenvalue weighted by Gasteiger charge is 2.32. The lowest BCUT2D eigenvalue weighted by atomic mass is 10.0. The summed E-state index contributed by atoms with van der Waals surface area (Å²) in [6.07, 6.45) is -0.00113. The first-order valence-electron chi connectivity index (χ1n) is 9.33. The van der Waals surface area contributed by atoms with Gasteiger partial charge in [-0.25, -0.2) is 4.68 Å². The third-order valence-electron chi connectivity index (χ3n) is 4.78. The summed E-state index contributed by atoms with van der Waals surface area (Å²) < 4.78 is 14.2. The minimum absolute atomic E-state index is 0.0197. The number of aliphatic hydroxyl groups is 1. The number of hydrogen-bond donors (Lipinski definition) is 2. The minimum Gasteiger partial charge on any atom is -0.399 e. The zero-order valence-electron chi connectivity index (χ0n) is 16.0. The molecule has 0 spiro atoms. The first-order valence-corrected chi connectivity index (χ1v) is 10.3. The summed E-state index contributed by atoms with van der Waals surface area (Å²) in [7, 11) is 1.81. The number of hydrogen-bond acceptors (Lipinski definition) is 8. The molecule has 2 heterocycles. The number of thioether (sulfide) groups is 1. The summed E-state index contributed by atoms with van der Waals surface area (Å²) in [5.41, 5.74) is 9.43. The number of rotatable bonds is 6. The molecule has 9 heteroatoms. The van der Waals surface area contributed by atoms with E-state index in [0.29, 0.717) is 17.9 Å². The van der Waals surface area contributed by atoms with Crippen LogP contribution in [-0.4, -0.2) is 37.2 Å². The van der Waals surface area contributed by atoms with Crippen LogP contribution < -0.4 is 5.73 Å². The lowest BCUT2D eigenvalue weighted by molar-refractivity contribution is -0.245. The quantitative estimate of drug-likeness (QED) is 0.469. The molecular formula is C20H23N5O3S. The van der Waals surface area contributed by atoms with Crippen LogP contribution in [0, 0.1) is 0 Å². The van der Waals surface area contributed by atoms with E-state index in [2.05, 4.69) is 15.5 Å². The van der Waals surface area contributed by atoms with E-state index in [1.165, 1.54) is 0 Å². The van der Waals surface area contributed by atoms with E-state index in [1.807, 2.05) is 55.6 Å². The molecule has 1 saturated heterocycles. The molecule has 0 radical (unpaired) electrons. The molecule has 1 aliphatic rings. The van der Waals surface area contributed by atoms with Crippen molar-refractivity contribution in [3.63, 3.8) is 0 Å². The van der Waals surface area contributed by atoms with Gasteiger partial charge in [0.25, 0.3) is 0 Å². The lowest BCUT2D eigenvalue weighted by Gasteiger charge is -2.36. The molecular weight excluding hydrogens is 390 g/mol. The van der Waals surface area contributed by atoms with Gasteiger partial charge in [-0.2, -0.15) is 0 Å². The van der Waals surface area contributed by atoms with Crippen molar-refractivity contribution < 1.29 is 14.6 Å². The first kappa shape index (κ1) is 19.8. The van der Waals surface area contributed by atoms with Crippen LogP contribution in [0.4, 0.5) is 5.69 Å². The summed E-state index contributed by atoms with van der Waals surface area (Å²) in [5, 5.41) is 21.6. The third kappa shape index (κ3) is 4.76. The molecule has 0 aliphatic carbocycles. The van der Waals surface area contributed by atoms with E-state index >= 15 is 0 Å². The third-order valence-corrected chi connectivity index (χ3v) is 5.92. The Morgan fingerprint density at radius 1 is 1.17 bits per heavy atom. The second-order valence-electron chi connectivity index (χ2n) is 6.92. The van der Waals surface area contributed by atoms with Crippen molar-refractivity contribution in [1.82, 2.24) is 20.2 Å². The van der Waals surface area contributed by atoms with Crippen molar-refractivity contribution in [3.05, 3.63) is 65.2 Å². The van der Waals surface area contributed by atoms with E-state index in [4.69, 9.17) is 15.2 Å². The Balaban J connectivity index is 1.54. The molecule has 1 fully saturated rings. The number of aryl methyl sites for hydroxylation is 1. The van der Waals surface area contributed by atoms with E-state index in [9.17, 15) is 5.11 Å². The largest absolute Gasteiger partial charge is 0.399 e. The highest BCUT2D eigenvalue weighted by atomic mass is 32.2. The topological polar surface area (TPSA) is 108 Å². The zero-order valence-corrected chi connectivity index (χ0v) is 16.8. The number of tetrazole rings is 1. The van der Waals surface area contributed by atoms with E-state index in [-0.39, 0.29) is 18.8 Å². The Kier molecular flexibility index (Phi) is 6.10. The van der Waals surface area contributed by atoms with Gasteiger partial charge in [-0.05, 0) is 33.7 Å². The number of aromatic nitrogens is 4. The van der Waals surface area contributed by atoms with Crippen LogP contribution in [0.25, 0.3) is 0 Å². The van der Waals surface area contributed by atoms with E-state index in [0.717, 1.165) is 21.8 Å². The monoisotopic (exact) mass is 413 g/mol. The van der Waals surface area contributed by atoms with Crippen LogP contribution in [0.3, 0.4) is 0 Å². The Labute approximate surface area is 173 Å². The Morgan fingerprint density at radius 3 is 2.69 bits per heavy atom. The van der Waals surface area contributed by atoms with Crippen LogP contribution in [0.2, 0.25) is 0 Å². The molecule has 152 valence electrons. The number of nitrogens with zero attached hydrogens (tertiary/aromatic N) is 4. The number of anilines is 1. The van der Waals surface area contributed by atoms with Gasteiger partial charge in [0.15, 0.2) is 6.29 Å². The van der Waals surface area contributed by atoms with Gasteiger partial charge in [-0.3, -0.25) is 0 Å². The second-order valence-corrected chi connectivity index (χ2v) is 7.90. The van der Waals surface area contributed by atoms with Gasteiger partial charge in [0.1, 0.15) is 0 Å². The van der Waals surface area contributed by atoms with Crippen molar-refractivity contribution in [1.29, 1.82) is 0 Å². The number of benzene rings is 2. The molecule has 1 aromatic heterocycles. The van der Waals surface area contributed by atoms with E-state index in [1.54, 1.807) is 16.4 Å². The van der Waals surface area contributed by atoms with Gasteiger partial charge < -0.3 is 20.3 Å². The molecule has 29 heavy (non-hydrogen) atoms. The van der Waals surface area contributed by atoms with Crippen LogP contribution in [0.15, 0.2) is 53.7 Å². The molecule has 3 N–H and O–H groups in total.